The SMILES string of the molecule is c1ccc(-c2cc(-c3ccccc3)c(B3c4ccccc4-c4ccc5cc6c7c(ccc8cc3c4c5c87)-c3ccccc3B6c3c(-c4ccccc4)cc(-c4ccccc4)cc3-c3ccccc3)c(-c3ccccc3)c2)cc1. The van der Waals surface area contributed by atoms with Crippen molar-refractivity contribution in [2.75, 3.05) is 0 Å². The minimum atomic E-state index is -0.0801. The second-order valence-corrected chi connectivity index (χ2v) is 21.3. The fourth-order valence-corrected chi connectivity index (χ4v) is 13.9. The van der Waals surface area contributed by atoms with Crippen LogP contribution in [0.2, 0.25) is 0 Å². The van der Waals surface area contributed by atoms with Crippen molar-refractivity contribution in [3.63, 3.8) is 0 Å². The van der Waals surface area contributed by atoms with Crippen molar-refractivity contribution in [3.8, 4) is 89.0 Å². The van der Waals surface area contributed by atoms with E-state index in [2.05, 4.69) is 291 Å². The summed E-state index contributed by atoms with van der Waals surface area (Å²) in [5.74, 6) is 0. The molecule has 358 valence electrons. The zero-order chi connectivity index (χ0) is 51.3. The summed E-state index contributed by atoms with van der Waals surface area (Å²) >= 11 is 0. The summed E-state index contributed by atoms with van der Waals surface area (Å²) in [5, 5.41) is 7.97. The smallest absolute Gasteiger partial charge is 0.0664 e. The molecule has 16 rings (SSSR count). The molecule has 0 unspecified atom stereocenters. The molecule has 2 aliphatic rings. The van der Waals surface area contributed by atoms with Crippen LogP contribution < -0.4 is 32.8 Å². The molecule has 0 saturated carbocycles. The van der Waals surface area contributed by atoms with Gasteiger partial charge in [0.2, 0.25) is 13.4 Å². The van der Waals surface area contributed by atoms with Crippen LogP contribution >= 0.6 is 0 Å². The van der Waals surface area contributed by atoms with Crippen LogP contribution in [0.4, 0.5) is 0 Å². The first-order chi connectivity index (χ1) is 38.7. The van der Waals surface area contributed by atoms with E-state index in [1.807, 2.05) is 0 Å². The van der Waals surface area contributed by atoms with E-state index in [0.29, 0.717) is 0 Å². The van der Waals surface area contributed by atoms with Gasteiger partial charge in [-0.2, -0.15) is 0 Å². The standard InChI is InChI=1S/C76H48B2/c1-7-23-49(24-8-1)57-43-63(51-27-11-3-12-28-51)75(64(44-57)52-29-13-4-14-30-52)77-67-37-21-19-35-59(67)61-41-40-56-48-70-74-62(42-39-55-47-69(77)73(61)71(56)72(55)74)60-36-20-22-38-68(60)78(70)76-65(53-31-15-5-16-32-53)45-58(50-25-9-2-10-26-50)46-66(76)54-33-17-6-18-34-54/h1-48H. The zero-order valence-corrected chi connectivity index (χ0v) is 42.9. The van der Waals surface area contributed by atoms with Gasteiger partial charge in [0.1, 0.15) is 0 Å². The monoisotopic (exact) mass is 982 g/mol. The highest BCUT2D eigenvalue weighted by Gasteiger charge is 2.40. The molecule has 2 heteroatoms. The maximum Gasteiger partial charge on any atom is 0.244 e. The number of fused-ring (bicyclic) bond motifs is 4. The van der Waals surface area contributed by atoms with Crippen LogP contribution in [0, 0.1) is 0 Å². The van der Waals surface area contributed by atoms with E-state index < -0.39 is 0 Å². The van der Waals surface area contributed by atoms with Gasteiger partial charge >= 0.3 is 0 Å². The van der Waals surface area contributed by atoms with E-state index in [9.17, 15) is 0 Å². The van der Waals surface area contributed by atoms with Gasteiger partial charge in [0, 0.05) is 0 Å². The molecule has 0 nitrogen and oxygen atoms in total. The Morgan fingerprint density at radius 3 is 0.769 bits per heavy atom. The third-order valence-corrected chi connectivity index (χ3v) is 17.2. The molecular weight excluding hydrogens is 934 g/mol. The highest BCUT2D eigenvalue weighted by atomic mass is 14.3. The highest BCUT2D eigenvalue weighted by Crippen LogP contribution is 2.45. The fraction of sp³-hybridized carbons (Fsp3) is 0. The van der Waals surface area contributed by atoms with Gasteiger partial charge in [-0.3, -0.25) is 0 Å². The van der Waals surface area contributed by atoms with E-state index in [-0.39, 0.29) is 13.4 Å². The lowest BCUT2D eigenvalue weighted by atomic mass is 9.31. The van der Waals surface area contributed by atoms with Gasteiger partial charge in [0.15, 0.2) is 0 Å². The van der Waals surface area contributed by atoms with Crippen LogP contribution in [0.1, 0.15) is 0 Å². The van der Waals surface area contributed by atoms with Crippen molar-refractivity contribution >= 4 is 78.5 Å². The van der Waals surface area contributed by atoms with Gasteiger partial charge in [-0.15, -0.1) is 0 Å². The molecule has 0 aliphatic carbocycles. The van der Waals surface area contributed by atoms with Crippen LogP contribution in [-0.2, 0) is 0 Å². The molecule has 0 saturated heterocycles. The van der Waals surface area contributed by atoms with E-state index >= 15 is 0 Å². The summed E-state index contributed by atoms with van der Waals surface area (Å²) in [6, 6.07) is 110. The number of hydrogen-bond acceptors (Lipinski definition) is 0. The first-order valence-electron chi connectivity index (χ1n) is 27.4. The lowest BCUT2D eigenvalue weighted by Gasteiger charge is -2.34. The largest absolute Gasteiger partial charge is 0.244 e. The quantitative estimate of drug-likeness (QED) is 0.105. The molecule has 0 radical (unpaired) electrons. The van der Waals surface area contributed by atoms with Crippen molar-refractivity contribution in [2.24, 2.45) is 0 Å². The van der Waals surface area contributed by atoms with Gasteiger partial charge in [0.05, 0.1) is 0 Å². The topological polar surface area (TPSA) is 0 Å². The second kappa shape index (κ2) is 17.9. The third kappa shape index (κ3) is 6.90. The van der Waals surface area contributed by atoms with E-state index in [1.165, 1.54) is 154 Å². The van der Waals surface area contributed by atoms with Crippen molar-refractivity contribution in [1.29, 1.82) is 0 Å². The molecule has 0 fully saturated rings. The molecule has 0 spiro atoms. The molecule has 0 bridgehead atoms. The molecule has 2 aliphatic heterocycles. The van der Waals surface area contributed by atoms with Gasteiger partial charge in [0.25, 0.3) is 0 Å². The number of benzene rings is 14. The van der Waals surface area contributed by atoms with Crippen LogP contribution in [0.5, 0.6) is 0 Å². The lowest BCUT2D eigenvalue weighted by Crippen LogP contribution is -2.56. The molecule has 2 heterocycles. The van der Waals surface area contributed by atoms with Crippen LogP contribution in [0.3, 0.4) is 0 Å². The second-order valence-electron chi connectivity index (χ2n) is 21.3. The molecule has 0 amide bonds. The van der Waals surface area contributed by atoms with Crippen LogP contribution in [0.15, 0.2) is 291 Å². The Hall–Kier alpha value is -9.75. The Morgan fingerprint density at radius 1 is 0.167 bits per heavy atom. The average molecular weight is 983 g/mol. The summed E-state index contributed by atoms with van der Waals surface area (Å²) < 4.78 is 0. The Morgan fingerprint density at radius 2 is 0.449 bits per heavy atom. The minimum Gasteiger partial charge on any atom is -0.0664 e. The predicted octanol–water partition coefficient (Wildman–Crippen LogP) is 15.6. The number of rotatable bonds is 8. The van der Waals surface area contributed by atoms with Crippen LogP contribution in [0.25, 0.3) is 121 Å². The van der Waals surface area contributed by atoms with Crippen LogP contribution in [-0.4, -0.2) is 13.4 Å². The van der Waals surface area contributed by atoms with E-state index in [1.54, 1.807) is 0 Å². The van der Waals surface area contributed by atoms with Crippen molar-refractivity contribution in [1.82, 2.24) is 0 Å². The molecule has 78 heavy (non-hydrogen) atoms. The van der Waals surface area contributed by atoms with Gasteiger partial charge < -0.3 is 0 Å². The molecule has 14 aromatic rings. The average Bonchev–Trinajstić information content (AvgIpc) is 3.67. The molecule has 14 aromatic carbocycles. The van der Waals surface area contributed by atoms with Crippen molar-refractivity contribution in [3.05, 3.63) is 291 Å². The summed E-state index contributed by atoms with van der Waals surface area (Å²) in [7, 11) is 0. The van der Waals surface area contributed by atoms with Gasteiger partial charge in [-0.1, -0.05) is 300 Å². The molecule has 0 aromatic heterocycles. The van der Waals surface area contributed by atoms with Gasteiger partial charge in [-0.05, 0) is 146 Å². The maximum absolute atomic E-state index is 2.60. The van der Waals surface area contributed by atoms with E-state index in [0.717, 1.165) is 0 Å². The molecule has 0 N–H and O–H groups in total. The normalized spacial score (nSPS) is 12.3. The third-order valence-electron chi connectivity index (χ3n) is 17.2. The summed E-state index contributed by atoms with van der Waals surface area (Å²) in [4.78, 5) is 0. The summed E-state index contributed by atoms with van der Waals surface area (Å²) in [6.45, 7) is -0.160. The zero-order valence-electron chi connectivity index (χ0n) is 42.9. The summed E-state index contributed by atoms with van der Waals surface area (Å²) in [6.07, 6.45) is 0. The van der Waals surface area contributed by atoms with E-state index in [4.69, 9.17) is 0 Å². The Balaban J connectivity index is 1.02. The Kier molecular flexibility index (Phi) is 10.2. The Labute approximate surface area is 456 Å². The minimum absolute atomic E-state index is 0.0801. The summed E-state index contributed by atoms with van der Waals surface area (Å²) in [5.41, 5.74) is 27.9. The van der Waals surface area contributed by atoms with Gasteiger partial charge in [-0.25, -0.2) is 0 Å². The van der Waals surface area contributed by atoms with Crippen molar-refractivity contribution in [2.45, 2.75) is 0 Å². The maximum atomic E-state index is 2.60. The van der Waals surface area contributed by atoms with Crippen molar-refractivity contribution < 1.29 is 0 Å². The Bertz CT molecular complexity index is 4210. The first-order valence-corrected chi connectivity index (χ1v) is 27.4. The number of hydrogen-bond donors (Lipinski definition) is 0. The predicted molar refractivity (Wildman–Crippen MR) is 336 cm³/mol. The molecular formula is C76H48B2. The molecule has 0 atom stereocenters. The highest BCUT2D eigenvalue weighted by molar-refractivity contribution is 7.01. The first kappa shape index (κ1) is 44.5. The lowest BCUT2D eigenvalue weighted by molar-refractivity contribution is 1.58. The fourth-order valence-electron chi connectivity index (χ4n) is 13.9.